The van der Waals surface area contributed by atoms with Crippen molar-refractivity contribution in [2.45, 2.75) is 225 Å². The fourth-order valence-corrected chi connectivity index (χ4v) is 6.76. The summed E-state index contributed by atoms with van der Waals surface area (Å²) in [5.41, 5.74) is 23.4. The highest BCUT2D eigenvalue weighted by atomic mass is 16.2. The topological polar surface area (TPSA) is 166 Å². The van der Waals surface area contributed by atoms with Crippen LogP contribution >= 0.6 is 0 Å². The van der Waals surface area contributed by atoms with Gasteiger partial charge in [-0.05, 0) is 57.9 Å². The lowest BCUT2D eigenvalue weighted by Gasteiger charge is -2.26. The number of carbonyl (C=O) groups is 2. The number of nitrogens with two attached hydrogens (primary N) is 4. The number of nitrogens with one attached hydrogen (secondary N) is 2. The van der Waals surface area contributed by atoms with Crippen LogP contribution in [0, 0.1) is 0 Å². The van der Waals surface area contributed by atoms with E-state index in [1.54, 1.807) is 0 Å². The molecule has 0 spiro atoms. The number of nitrogens with zero attached hydrogens (tertiary/aromatic N) is 1. The fraction of sp³-hybridized carbons (Fsp3) is 0.907. The van der Waals surface area contributed by atoms with Crippen LogP contribution in [0.1, 0.15) is 206 Å². The minimum Gasteiger partial charge on any atom is -0.353 e. The Balaban J connectivity index is 4.42. The van der Waals surface area contributed by atoms with Crippen molar-refractivity contribution in [2.75, 3.05) is 26.2 Å². The van der Waals surface area contributed by atoms with E-state index in [0.29, 0.717) is 19.4 Å². The van der Waals surface area contributed by atoms with Crippen molar-refractivity contribution in [1.29, 1.82) is 0 Å². The summed E-state index contributed by atoms with van der Waals surface area (Å²) in [7, 11) is 0. The lowest BCUT2D eigenvalue weighted by Crippen LogP contribution is -2.52. The lowest BCUT2D eigenvalue weighted by atomic mass is 10.0. The maximum absolute atomic E-state index is 13.4. The molecule has 2 amide bonds. The van der Waals surface area contributed by atoms with Gasteiger partial charge in [0.2, 0.25) is 11.8 Å². The molecule has 0 bridgehead atoms. The first-order chi connectivity index (χ1) is 25.3. The summed E-state index contributed by atoms with van der Waals surface area (Å²) in [6, 6.07) is -1.43. The molecule has 10 N–H and O–H groups in total. The average molecular weight is 736 g/mol. The van der Waals surface area contributed by atoms with E-state index in [0.717, 1.165) is 38.8 Å². The molecule has 2 atom stereocenters. The normalized spacial score (nSPS) is 12.9. The highest BCUT2D eigenvalue weighted by molar-refractivity contribution is 5.84. The van der Waals surface area contributed by atoms with Crippen LogP contribution in [0.25, 0.3) is 0 Å². The number of unbranched alkanes of at least 4 members (excludes halogenated alkanes) is 25. The Morgan fingerprint density at radius 3 is 1.31 bits per heavy atom. The van der Waals surface area contributed by atoms with Crippen LogP contribution in [-0.4, -0.2) is 61.3 Å². The van der Waals surface area contributed by atoms with E-state index >= 15 is 0 Å². The molecule has 2 unspecified atom stereocenters. The zero-order chi connectivity index (χ0) is 38.3. The fourth-order valence-electron chi connectivity index (χ4n) is 6.76. The van der Waals surface area contributed by atoms with Gasteiger partial charge in [-0.25, -0.2) is 0 Å². The Morgan fingerprint density at radius 1 is 0.519 bits per heavy atom. The van der Waals surface area contributed by atoms with E-state index in [-0.39, 0.29) is 18.4 Å². The second-order valence-electron chi connectivity index (χ2n) is 15.4. The van der Waals surface area contributed by atoms with Crippen LogP contribution in [0.2, 0.25) is 0 Å². The van der Waals surface area contributed by atoms with Gasteiger partial charge in [0.1, 0.15) is 12.3 Å². The zero-order valence-electron chi connectivity index (χ0n) is 34.5. The van der Waals surface area contributed by atoms with E-state index in [9.17, 15) is 9.59 Å². The predicted octanol–water partition coefficient (Wildman–Crippen LogP) is 8.68. The van der Waals surface area contributed by atoms with E-state index in [1.807, 2.05) is 4.90 Å². The van der Waals surface area contributed by atoms with Crippen LogP contribution in [0.3, 0.4) is 0 Å². The third-order valence-corrected chi connectivity index (χ3v) is 10.3. The zero-order valence-corrected chi connectivity index (χ0v) is 34.5. The van der Waals surface area contributed by atoms with Crippen molar-refractivity contribution in [3.63, 3.8) is 0 Å². The molecule has 0 aromatic carbocycles. The first kappa shape index (κ1) is 50.5. The molecule has 0 rings (SSSR count). The van der Waals surface area contributed by atoms with E-state index in [2.05, 4.69) is 36.6 Å². The molecular formula is C43H89N7O2. The Morgan fingerprint density at radius 2 is 0.904 bits per heavy atom. The quantitative estimate of drug-likeness (QED) is 0.0208. The molecule has 0 radical (unpaired) electrons. The third kappa shape index (κ3) is 34.3. The molecule has 9 nitrogen and oxygen atoms in total. The molecule has 0 aromatic rings. The Labute approximate surface area is 322 Å². The van der Waals surface area contributed by atoms with Crippen LogP contribution in [0.15, 0.2) is 12.2 Å². The van der Waals surface area contributed by atoms with Crippen LogP contribution in [-0.2, 0) is 9.59 Å². The summed E-state index contributed by atoms with van der Waals surface area (Å²) in [5, 5.41) is 5.71. The SMILES string of the molecule is CCCCCCCC/C=C\CCCCCCCCN(CCCCCCCCCCCCCCCC)C(=O)C(N)CNC(=O)C(N)CCCNC(N)N. The molecular weight excluding hydrogens is 647 g/mol. The summed E-state index contributed by atoms with van der Waals surface area (Å²) in [6.45, 7) is 6.70. The number of rotatable bonds is 40. The number of allylic oxidation sites excluding steroid dienone is 2. The van der Waals surface area contributed by atoms with Gasteiger partial charge < -0.3 is 33.2 Å². The van der Waals surface area contributed by atoms with Gasteiger partial charge in [0.15, 0.2) is 0 Å². The average Bonchev–Trinajstić information content (AvgIpc) is 3.13. The number of amides is 2. The number of hydrogen-bond acceptors (Lipinski definition) is 7. The Bertz CT molecular complexity index is 810. The highest BCUT2D eigenvalue weighted by Crippen LogP contribution is 2.14. The van der Waals surface area contributed by atoms with Crippen LogP contribution in [0.4, 0.5) is 0 Å². The smallest absolute Gasteiger partial charge is 0.241 e. The molecule has 0 aliphatic carbocycles. The standard InChI is InChI=1S/C43H89N7O2/c1-3-5-7-9-11-13-15-17-19-20-22-24-26-28-30-32-37-50(36-31-29-27-25-23-21-18-16-14-12-10-8-6-4-2)42(52)40(45)38-49-41(51)39(44)34-33-35-48-43(46)47/h17,19,39-40,43,48H,3-16,18,20-38,44-47H2,1-2H3,(H,49,51)/b19-17-. The number of carbonyl (C=O) groups excluding carboxylic acids is 2. The molecule has 308 valence electrons. The van der Waals surface area contributed by atoms with E-state index in [1.165, 1.54) is 154 Å². The summed E-state index contributed by atoms with van der Waals surface area (Å²) in [4.78, 5) is 27.9. The summed E-state index contributed by atoms with van der Waals surface area (Å²) >= 11 is 0. The van der Waals surface area contributed by atoms with Crippen molar-refractivity contribution in [2.24, 2.45) is 22.9 Å². The molecule has 0 aliphatic heterocycles. The van der Waals surface area contributed by atoms with Gasteiger partial charge in [-0.15, -0.1) is 0 Å². The number of hydrogen-bond donors (Lipinski definition) is 6. The van der Waals surface area contributed by atoms with Gasteiger partial charge in [-0.1, -0.05) is 167 Å². The predicted molar refractivity (Wildman–Crippen MR) is 225 cm³/mol. The molecule has 0 heterocycles. The van der Waals surface area contributed by atoms with Crippen molar-refractivity contribution in [3.05, 3.63) is 12.2 Å². The molecule has 0 saturated carbocycles. The van der Waals surface area contributed by atoms with E-state index in [4.69, 9.17) is 22.9 Å². The summed E-state index contributed by atoms with van der Waals surface area (Å²) in [5.74, 6) is -0.357. The van der Waals surface area contributed by atoms with Crippen molar-refractivity contribution in [1.82, 2.24) is 15.5 Å². The van der Waals surface area contributed by atoms with Crippen molar-refractivity contribution in [3.8, 4) is 0 Å². The minimum absolute atomic E-state index is 0.0718. The second-order valence-corrected chi connectivity index (χ2v) is 15.4. The van der Waals surface area contributed by atoms with Gasteiger partial charge in [0.05, 0.1) is 6.04 Å². The van der Waals surface area contributed by atoms with Gasteiger partial charge in [0.25, 0.3) is 0 Å². The molecule has 52 heavy (non-hydrogen) atoms. The van der Waals surface area contributed by atoms with E-state index < -0.39 is 18.4 Å². The summed E-state index contributed by atoms with van der Waals surface area (Å²) in [6.07, 6.45) is 41.4. The molecule has 0 fully saturated rings. The van der Waals surface area contributed by atoms with Gasteiger partial charge in [0, 0.05) is 19.6 Å². The lowest BCUT2D eigenvalue weighted by molar-refractivity contribution is -0.133. The third-order valence-electron chi connectivity index (χ3n) is 10.3. The van der Waals surface area contributed by atoms with Crippen molar-refractivity contribution < 1.29 is 9.59 Å². The van der Waals surface area contributed by atoms with Crippen molar-refractivity contribution >= 4 is 11.8 Å². The van der Waals surface area contributed by atoms with Gasteiger partial charge in [-0.3, -0.25) is 14.9 Å². The second kappa shape index (κ2) is 39.2. The Kier molecular flexibility index (Phi) is 38.0. The monoisotopic (exact) mass is 736 g/mol. The van der Waals surface area contributed by atoms with Crippen LogP contribution < -0.4 is 33.6 Å². The maximum atomic E-state index is 13.4. The first-order valence-electron chi connectivity index (χ1n) is 22.3. The highest BCUT2D eigenvalue weighted by Gasteiger charge is 2.22. The molecule has 0 aliphatic rings. The summed E-state index contributed by atoms with van der Waals surface area (Å²) < 4.78 is 0. The molecule has 0 aromatic heterocycles. The van der Waals surface area contributed by atoms with Gasteiger partial charge in [-0.2, -0.15) is 0 Å². The molecule has 9 heteroatoms. The Hall–Kier alpha value is -1.52. The molecule has 0 saturated heterocycles. The first-order valence-corrected chi connectivity index (χ1v) is 22.3. The largest absolute Gasteiger partial charge is 0.353 e. The van der Waals surface area contributed by atoms with Crippen LogP contribution in [0.5, 0.6) is 0 Å². The minimum atomic E-state index is -0.770. The van der Waals surface area contributed by atoms with Gasteiger partial charge >= 0.3 is 0 Å². The maximum Gasteiger partial charge on any atom is 0.241 e.